The minimum Gasteiger partial charge on any atom is -0.355 e. The maximum absolute atomic E-state index is 13.5. The molecular formula is C27H27BrCl2N2O2S. The Kier molecular flexibility index (Phi) is 11.0. The van der Waals surface area contributed by atoms with Crippen LogP contribution in [0.25, 0.3) is 0 Å². The Morgan fingerprint density at radius 2 is 1.63 bits per heavy atom. The minimum atomic E-state index is -0.626. The lowest BCUT2D eigenvalue weighted by Gasteiger charge is -2.31. The monoisotopic (exact) mass is 592 g/mol. The van der Waals surface area contributed by atoms with Crippen LogP contribution in [0.3, 0.4) is 0 Å². The summed E-state index contributed by atoms with van der Waals surface area (Å²) < 4.78 is 0.959. The molecule has 0 fully saturated rings. The van der Waals surface area contributed by atoms with E-state index in [-0.39, 0.29) is 17.6 Å². The molecule has 3 aromatic rings. The smallest absolute Gasteiger partial charge is 0.243 e. The van der Waals surface area contributed by atoms with Crippen molar-refractivity contribution in [2.24, 2.45) is 0 Å². The van der Waals surface area contributed by atoms with E-state index in [4.69, 9.17) is 23.2 Å². The van der Waals surface area contributed by atoms with Crippen molar-refractivity contribution in [2.75, 3.05) is 12.3 Å². The van der Waals surface area contributed by atoms with Crippen LogP contribution in [-0.2, 0) is 28.3 Å². The number of nitrogens with one attached hydrogen (secondary N) is 1. The first-order valence-corrected chi connectivity index (χ1v) is 13.9. The van der Waals surface area contributed by atoms with Crippen molar-refractivity contribution in [3.8, 4) is 0 Å². The van der Waals surface area contributed by atoms with Gasteiger partial charge in [0.1, 0.15) is 6.04 Å². The lowest BCUT2D eigenvalue weighted by Crippen LogP contribution is -2.51. The Balaban J connectivity index is 1.81. The van der Waals surface area contributed by atoms with Gasteiger partial charge in [-0.05, 0) is 47.9 Å². The largest absolute Gasteiger partial charge is 0.355 e. The minimum absolute atomic E-state index is 0.0924. The van der Waals surface area contributed by atoms with Gasteiger partial charge in [-0.3, -0.25) is 9.59 Å². The zero-order valence-electron chi connectivity index (χ0n) is 19.3. The second kappa shape index (κ2) is 13.9. The summed E-state index contributed by atoms with van der Waals surface area (Å²) in [5.74, 6) is 0.599. The first-order chi connectivity index (χ1) is 16.9. The molecule has 0 aliphatic carbocycles. The van der Waals surface area contributed by atoms with Crippen molar-refractivity contribution in [3.63, 3.8) is 0 Å². The van der Waals surface area contributed by atoms with Gasteiger partial charge >= 0.3 is 0 Å². The zero-order valence-corrected chi connectivity index (χ0v) is 23.3. The van der Waals surface area contributed by atoms with Gasteiger partial charge in [0.15, 0.2) is 0 Å². The average molecular weight is 594 g/mol. The summed E-state index contributed by atoms with van der Waals surface area (Å²) in [5.41, 5.74) is 2.94. The van der Waals surface area contributed by atoms with Crippen LogP contribution in [0.1, 0.15) is 23.6 Å². The van der Waals surface area contributed by atoms with E-state index in [0.29, 0.717) is 35.3 Å². The second-order valence-corrected chi connectivity index (χ2v) is 10.7. The van der Waals surface area contributed by atoms with E-state index in [1.807, 2.05) is 73.7 Å². The van der Waals surface area contributed by atoms with Gasteiger partial charge < -0.3 is 10.2 Å². The first kappa shape index (κ1) is 27.6. The molecule has 0 aliphatic heterocycles. The highest BCUT2D eigenvalue weighted by Gasteiger charge is 2.30. The highest BCUT2D eigenvalue weighted by molar-refractivity contribution is 9.10. The van der Waals surface area contributed by atoms with Crippen LogP contribution in [0.4, 0.5) is 0 Å². The van der Waals surface area contributed by atoms with E-state index in [1.165, 1.54) is 11.8 Å². The topological polar surface area (TPSA) is 49.4 Å². The van der Waals surface area contributed by atoms with E-state index in [0.717, 1.165) is 21.2 Å². The van der Waals surface area contributed by atoms with Gasteiger partial charge in [-0.2, -0.15) is 0 Å². The van der Waals surface area contributed by atoms with E-state index in [2.05, 4.69) is 21.2 Å². The molecule has 1 N–H and O–H groups in total. The van der Waals surface area contributed by atoms with E-state index in [9.17, 15) is 9.59 Å². The Labute approximate surface area is 229 Å². The third-order valence-corrected chi connectivity index (χ3v) is 7.62. The molecule has 0 aromatic heterocycles. The van der Waals surface area contributed by atoms with E-state index in [1.54, 1.807) is 11.0 Å². The van der Waals surface area contributed by atoms with Crippen LogP contribution in [-0.4, -0.2) is 35.1 Å². The summed E-state index contributed by atoms with van der Waals surface area (Å²) in [7, 11) is 0. The lowest BCUT2D eigenvalue weighted by atomic mass is 10.0. The third-order valence-electron chi connectivity index (χ3n) is 5.37. The standard InChI is InChI=1S/C27H27BrCl2N2O2S/c1-2-31-27(34)25(15-19-6-4-3-5-7-19)32(16-20-8-11-22(28)12-9-20)26(33)18-35-17-21-10-13-23(29)24(30)14-21/h3-14,25H,2,15-18H2,1H3,(H,31,34)/t25-/m1/s1. The van der Waals surface area contributed by atoms with Crippen molar-refractivity contribution >= 4 is 62.7 Å². The highest BCUT2D eigenvalue weighted by Crippen LogP contribution is 2.25. The van der Waals surface area contributed by atoms with Gasteiger partial charge in [-0.1, -0.05) is 87.7 Å². The van der Waals surface area contributed by atoms with Gasteiger partial charge in [0.25, 0.3) is 0 Å². The number of benzene rings is 3. The van der Waals surface area contributed by atoms with Crippen molar-refractivity contribution in [1.82, 2.24) is 10.2 Å². The Morgan fingerprint density at radius 3 is 2.29 bits per heavy atom. The van der Waals surface area contributed by atoms with Crippen LogP contribution in [0.5, 0.6) is 0 Å². The number of amides is 2. The summed E-state index contributed by atoms with van der Waals surface area (Å²) in [4.78, 5) is 28.4. The van der Waals surface area contributed by atoms with Crippen LogP contribution in [0.15, 0.2) is 77.3 Å². The fraction of sp³-hybridized carbons (Fsp3) is 0.259. The molecule has 0 bridgehead atoms. The predicted molar refractivity (Wildman–Crippen MR) is 150 cm³/mol. The molecular weight excluding hydrogens is 567 g/mol. The predicted octanol–water partition coefficient (Wildman–Crippen LogP) is 6.77. The highest BCUT2D eigenvalue weighted by atomic mass is 79.9. The fourth-order valence-electron chi connectivity index (χ4n) is 3.60. The number of rotatable bonds is 11. The molecule has 0 radical (unpaired) electrons. The van der Waals surface area contributed by atoms with Gasteiger partial charge in [0.2, 0.25) is 11.8 Å². The number of carbonyl (C=O) groups excluding carboxylic acids is 2. The van der Waals surface area contributed by atoms with Gasteiger partial charge in [0.05, 0.1) is 15.8 Å². The summed E-state index contributed by atoms with van der Waals surface area (Å²) >= 11 is 17.1. The molecule has 8 heteroatoms. The molecule has 0 heterocycles. The Hall–Kier alpha value is -1.99. The molecule has 0 saturated heterocycles. The quantitative estimate of drug-likeness (QED) is 0.267. The van der Waals surface area contributed by atoms with Crippen LogP contribution in [0, 0.1) is 0 Å². The molecule has 4 nitrogen and oxygen atoms in total. The van der Waals surface area contributed by atoms with Crippen molar-refractivity contribution < 1.29 is 9.59 Å². The summed E-state index contributed by atoms with van der Waals surface area (Å²) in [6.45, 7) is 2.72. The molecule has 0 spiro atoms. The van der Waals surface area contributed by atoms with Crippen LogP contribution in [0.2, 0.25) is 10.0 Å². The molecule has 1 atom stereocenters. The number of nitrogens with zero attached hydrogens (tertiary/aromatic N) is 1. The van der Waals surface area contributed by atoms with E-state index >= 15 is 0 Å². The number of thioether (sulfide) groups is 1. The molecule has 0 saturated carbocycles. The normalized spacial score (nSPS) is 11.7. The molecule has 3 rings (SSSR count). The van der Waals surface area contributed by atoms with Crippen molar-refractivity contribution in [1.29, 1.82) is 0 Å². The number of hydrogen-bond donors (Lipinski definition) is 1. The van der Waals surface area contributed by atoms with Gasteiger partial charge in [-0.15, -0.1) is 11.8 Å². The molecule has 0 aliphatic rings. The van der Waals surface area contributed by atoms with Gasteiger partial charge in [0, 0.05) is 29.7 Å². The average Bonchev–Trinajstić information content (AvgIpc) is 2.85. The maximum atomic E-state index is 13.5. The lowest BCUT2D eigenvalue weighted by molar-refractivity contribution is -0.139. The SMILES string of the molecule is CCNC(=O)[C@@H](Cc1ccccc1)N(Cc1ccc(Br)cc1)C(=O)CSCc1ccc(Cl)c(Cl)c1. The van der Waals surface area contributed by atoms with Crippen LogP contribution >= 0.6 is 50.9 Å². The molecule has 184 valence electrons. The number of hydrogen-bond acceptors (Lipinski definition) is 3. The second-order valence-electron chi connectivity index (χ2n) is 7.99. The van der Waals surface area contributed by atoms with Crippen LogP contribution < -0.4 is 5.32 Å². The molecule has 0 unspecified atom stereocenters. The zero-order chi connectivity index (χ0) is 25.2. The maximum Gasteiger partial charge on any atom is 0.243 e. The molecule has 35 heavy (non-hydrogen) atoms. The fourth-order valence-corrected chi connectivity index (χ4v) is 5.04. The summed E-state index contributed by atoms with van der Waals surface area (Å²) in [5, 5.41) is 3.91. The third kappa shape index (κ3) is 8.57. The number of likely N-dealkylation sites (N-methyl/N-ethyl adjacent to an activating group) is 1. The Morgan fingerprint density at radius 1 is 0.943 bits per heavy atom. The summed E-state index contributed by atoms with van der Waals surface area (Å²) in [6, 6.07) is 22.4. The number of carbonyl (C=O) groups is 2. The Bertz CT molecular complexity index is 1130. The van der Waals surface area contributed by atoms with Crippen molar-refractivity contribution in [3.05, 3.63) is 104 Å². The summed E-state index contributed by atoms with van der Waals surface area (Å²) in [6.07, 6.45) is 0.437. The molecule has 3 aromatic carbocycles. The first-order valence-electron chi connectivity index (χ1n) is 11.2. The molecule has 2 amide bonds. The van der Waals surface area contributed by atoms with Crippen molar-refractivity contribution in [2.45, 2.75) is 31.7 Å². The number of halogens is 3. The van der Waals surface area contributed by atoms with E-state index < -0.39 is 6.04 Å². The van der Waals surface area contributed by atoms with Gasteiger partial charge in [-0.25, -0.2) is 0 Å².